The van der Waals surface area contributed by atoms with Crippen LogP contribution in [0.25, 0.3) is 5.69 Å². The molecule has 156 valence electrons. The summed E-state index contributed by atoms with van der Waals surface area (Å²) in [4.78, 5) is 12.2. The largest absolute Gasteiger partial charge is 0.483 e. The summed E-state index contributed by atoms with van der Waals surface area (Å²) in [7, 11) is 0. The summed E-state index contributed by atoms with van der Waals surface area (Å²) in [6.45, 7) is 0.504. The molecule has 0 atom stereocenters. The number of aromatic nitrogens is 2. The van der Waals surface area contributed by atoms with Crippen LogP contribution in [0.1, 0.15) is 16.8 Å². The topological polar surface area (TPSA) is 56.1 Å². The Balaban J connectivity index is 1.25. The maximum absolute atomic E-state index is 12.2. The number of nitrogens with one attached hydrogen (secondary N) is 1. The summed E-state index contributed by atoms with van der Waals surface area (Å²) in [6, 6.07) is 30.0. The molecule has 31 heavy (non-hydrogen) atoms. The van der Waals surface area contributed by atoms with E-state index in [4.69, 9.17) is 4.74 Å². The predicted molar refractivity (Wildman–Crippen MR) is 121 cm³/mol. The lowest BCUT2D eigenvalue weighted by Gasteiger charge is -2.11. The zero-order valence-electron chi connectivity index (χ0n) is 17.3. The van der Waals surface area contributed by atoms with Crippen molar-refractivity contribution in [1.82, 2.24) is 15.1 Å². The summed E-state index contributed by atoms with van der Waals surface area (Å²) in [5, 5.41) is 7.46. The van der Waals surface area contributed by atoms with Crippen molar-refractivity contribution in [2.24, 2.45) is 0 Å². The fourth-order valence-corrected chi connectivity index (χ4v) is 3.35. The van der Waals surface area contributed by atoms with Gasteiger partial charge >= 0.3 is 0 Å². The normalized spacial score (nSPS) is 10.6. The Bertz CT molecular complexity index is 1110. The van der Waals surface area contributed by atoms with Crippen LogP contribution in [0.3, 0.4) is 0 Å². The zero-order valence-corrected chi connectivity index (χ0v) is 17.3. The molecule has 0 saturated heterocycles. The number of hydrogen-bond donors (Lipinski definition) is 1. The molecule has 1 N–H and O–H groups in total. The van der Waals surface area contributed by atoms with E-state index in [1.54, 1.807) is 0 Å². The molecular formula is C26H25N3O2. The Hall–Kier alpha value is -3.86. The molecule has 0 aliphatic carbocycles. The third kappa shape index (κ3) is 5.82. The Morgan fingerprint density at radius 2 is 1.58 bits per heavy atom. The lowest BCUT2D eigenvalue weighted by Crippen LogP contribution is -2.30. The van der Waals surface area contributed by atoms with Crippen LogP contribution in [0.15, 0.2) is 97.2 Å². The molecule has 5 heteroatoms. The van der Waals surface area contributed by atoms with Gasteiger partial charge < -0.3 is 10.1 Å². The van der Waals surface area contributed by atoms with Crippen LogP contribution in [0, 0.1) is 0 Å². The van der Waals surface area contributed by atoms with E-state index in [2.05, 4.69) is 22.5 Å². The van der Waals surface area contributed by atoms with E-state index in [9.17, 15) is 4.79 Å². The number of carbonyl (C=O) groups is 1. The maximum atomic E-state index is 12.2. The van der Waals surface area contributed by atoms with Crippen LogP contribution in [-0.4, -0.2) is 28.8 Å². The highest BCUT2D eigenvalue weighted by Gasteiger charge is 2.08. The number of ether oxygens (including phenoxy) is 1. The highest BCUT2D eigenvalue weighted by Crippen LogP contribution is 2.21. The average molecular weight is 412 g/mol. The maximum Gasteiger partial charge on any atom is 0.257 e. The minimum absolute atomic E-state index is 0.00966. The zero-order chi connectivity index (χ0) is 21.3. The van der Waals surface area contributed by atoms with Crippen molar-refractivity contribution >= 4 is 5.91 Å². The molecule has 0 bridgehead atoms. The van der Waals surface area contributed by atoms with E-state index >= 15 is 0 Å². The summed E-state index contributed by atoms with van der Waals surface area (Å²) in [5.74, 6) is 0.597. The summed E-state index contributed by atoms with van der Waals surface area (Å²) in [5.41, 5.74) is 4.21. The molecule has 1 aromatic heterocycles. The van der Waals surface area contributed by atoms with E-state index in [0.29, 0.717) is 13.0 Å². The van der Waals surface area contributed by atoms with Crippen LogP contribution in [0.4, 0.5) is 0 Å². The first-order valence-corrected chi connectivity index (χ1v) is 10.4. The quantitative estimate of drug-likeness (QED) is 0.449. The lowest BCUT2D eigenvalue weighted by molar-refractivity contribution is -0.123. The molecule has 0 aliphatic heterocycles. The number of nitrogens with zero attached hydrogens (tertiary/aromatic N) is 2. The number of hydrogen-bond acceptors (Lipinski definition) is 3. The number of para-hydroxylation sites is 2. The van der Waals surface area contributed by atoms with Gasteiger partial charge in [-0.25, -0.2) is 4.68 Å². The van der Waals surface area contributed by atoms with Gasteiger partial charge in [0.2, 0.25) is 0 Å². The van der Waals surface area contributed by atoms with Gasteiger partial charge in [-0.2, -0.15) is 5.10 Å². The first-order valence-electron chi connectivity index (χ1n) is 10.4. The molecule has 0 saturated carbocycles. The summed E-state index contributed by atoms with van der Waals surface area (Å²) in [6.07, 6.45) is 3.36. The van der Waals surface area contributed by atoms with Crippen molar-refractivity contribution in [2.75, 3.05) is 13.2 Å². The molecular weight excluding hydrogens is 386 g/mol. The molecule has 1 heterocycles. The van der Waals surface area contributed by atoms with Gasteiger partial charge in [-0.15, -0.1) is 0 Å². The molecule has 5 nitrogen and oxygen atoms in total. The van der Waals surface area contributed by atoms with Crippen molar-refractivity contribution in [1.29, 1.82) is 0 Å². The molecule has 3 aromatic carbocycles. The molecule has 0 unspecified atom stereocenters. The summed E-state index contributed by atoms with van der Waals surface area (Å²) >= 11 is 0. The Morgan fingerprint density at radius 1 is 0.871 bits per heavy atom. The number of rotatable bonds is 9. The van der Waals surface area contributed by atoms with Crippen LogP contribution in [0.2, 0.25) is 0 Å². The Labute approximate surface area is 182 Å². The highest BCUT2D eigenvalue weighted by molar-refractivity contribution is 5.77. The predicted octanol–water partition coefficient (Wildman–Crippen LogP) is 4.20. The molecule has 0 aliphatic rings. The Morgan fingerprint density at radius 3 is 2.39 bits per heavy atom. The van der Waals surface area contributed by atoms with Crippen molar-refractivity contribution in [3.05, 3.63) is 114 Å². The van der Waals surface area contributed by atoms with E-state index < -0.39 is 0 Å². The number of amides is 1. The lowest BCUT2D eigenvalue weighted by atomic mass is 10.0. The van der Waals surface area contributed by atoms with Crippen molar-refractivity contribution in [3.63, 3.8) is 0 Å². The average Bonchev–Trinajstić information content (AvgIpc) is 3.29. The molecule has 0 fully saturated rings. The van der Waals surface area contributed by atoms with E-state index in [0.717, 1.165) is 29.1 Å². The minimum atomic E-state index is -0.142. The second kappa shape index (κ2) is 10.3. The fourth-order valence-electron chi connectivity index (χ4n) is 3.35. The minimum Gasteiger partial charge on any atom is -0.483 e. The van der Waals surface area contributed by atoms with E-state index in [-0.39, 0.29) is 12.5 Å². The molecule has 0 spiro atoms. The van der Waals surface area contributed by atoms with Gasteiger partial charge in [-0.3, -0.25) is 4.79 Å². The molecule has 1 amide bonds. The van der Waals surface area contributed by atoms with E-state index in [1.807, 2.05) is 89.7 Å². The van der Waals surface area contributed by atoms with Gasteiger partial charge in [0.05, 0.1) is 11.4 Å². The van der Waals surface area contributed by atoms with Gasteiger partial charge in [0.25, 0.3) is 5.91 Å². The monoisotopic (exact) mass is 411 g/mol. The fraction of sp³-hybridized carbons (Fsp3) is 0.154. The van der Waals surface area contributed by atoms with Crippen LogP contribution in [0.5, 0.6) is 5.75 Å². The molecule has 4 rings (SSSR count). The van der Waals surface area contributed by atoms with E-state index in [1.165, 1.54) is 5.56 Å². The van der Waals surface area contributed by atoms with Gasteiger partial charge in [-0.05, 0) is 35.4 Å². The van der Waals surface area contributed by atoms with Gasteiger partial charge in [0, 0.05) is 25.6 Å². The smallest absolute Gasteiger partial charge is 0.257 e. The van der Waals surface area contributed by atoms with Crippen LogP contribution < -0.4 is 10.1 Å². The Kier molecular flexibility index (Phi) is 6.75. The first-order chi connectivity index (χ1) is 15.3. The molecule has 0 radical (unpaired) electrons. The SMILES string of the molecule is O=C(COc1ccccc1Cc1ccccc1)NCCc1ccn(-c2ccccc2)n1. The number of benzene rings is 3. The van der Waals surface area contributed by atoms with Gasteiger partial charge in [-0.1, -0.05) is 66.7 Å². The first kappa shape index (κ1) is 20.4. The van der Waals surface area contributed by atoms with Gasteiger partial charge in [0.15, 0.2) is 6.61 Å². The van der Waals surface area contributed by atoms with Crippen molar-refractivity contribution < 1.29 is 9.53 Å². The third-order valence-corrected chi connectivity index (χ3v) is 4.94. The second-order valence-corrected chi connectivity index (χ2v) is 7.25. The summed E-state index contributed by atoms with van der Waals surface area (Å²) < 4.78 is 7.64. The highest BCUT2D eigenvalue weighted by atomic mass is 16.5. The standard InChI is InChI=1S/C26H25N3O2/c30-26(27-17-15-23-16-18-29(28-23)24-12-5-2-6-13-24)20-31-25-14-8-7-11-22(25)19-21-9-3-1-4-10-21/h1-14,16,18H,15,17,19-20H2,(H,27,30). The van der Waals surface area contributed by atoms with Crippen LogP contribution >= 0.6 is 0 Å². The second-order valence-electron chi connectivity index (χ2n) is 7.25. The number of carbonyl (C=O) groups excluding carboxylic acids is 1. The van der Waals surface area contributed by atoms with Crippen LogP contribution in [-0.2, 0) is 17.6 Å². The van der Waals surface area contributed by atoms with Gasteiger partial charge in [0.1, 0.15) is 5.75 Å². The molecule has 4 aromatic rings. The van der Waals surface area contributed by atoms with Crippen molar-refractivity contribution in [2.45, 2.75) is 12.8 Å². The third-order valence-electron chi connectivity index (χ3n) is 4.94. The van der Waals surface area contributed by atoms with Crippen molar-refractivity contribution in [3.8, 4) is 11.4 Å².